The van der Waals surface area contributed by atoms with E-state index in [1.165, 1.54) is 21.9 Å². The lowest BCUT2D eigenvalue weighted by atomic mass is 10.0. The van der Waals surface area contributed by atoms with Crippen molar-refractivity contribution in [3.63, 3.8) is 0 Å². The first-order valence-electron chi connectivity index (χ1n) is 7.67. The molecular formula is C17H23N3S. The summed E-state index contributed by atoms with van der Waals surface area (Å²) in [6.45, 7) is 7.32. The molecule has 2 heterocycles. The molecule has 21 heavy (non-hydrogen) atoms. The molecule has 0 spiro atoms. The predicted octanol–water partition coefficient (Wildman–Crippen LogP) is 3.37. The van der Waals surface area contributed by atoms with Gasteiger partial charge in [0.2, 0.25) is 0 Å². The van der Waals surface area contributed by atoms with E-state index in [2.05, 4.69) is 59.3 Å². The summed E-state index contributed by atoms with van der Waals surface area (Å²) in [5.74, 6) is 1.88. The van der Waals surface area contributed by atoms with Gasteiger partial charge in [-0.3, -0.25) is 4.68 Å². The third kappa shape index (κ3) is 3.50. The number of thioether (sulfide) groups is 1. The maximum Gasteiger partial charge on any atom is 0.0596 e. The van der Waals surface area contributed by atoms with E-state index in [1.807, 2.05) is 11.8 Å². The molecule has 0 saturated heterocycles. The van der Waals surface area contributed by atoms with Gasteiger partial charge in [0, 0.05) is 35.3 Å². The Bertz CT molecular complexity index is 606. The van der Waals surface area contributed by atoms with Crippen molar-refractivity contribution < 1.29 is 0 Å². The molecule has 1 aromatic heterocycles. The van der Waals surface area contributed by atoms with Gasteiger partial charge in [-0.15, -0.1) is 11.8 Å². The smallest absolute Gasteiger partial charge is 0.0596 e. The molecule has 1 aliphatic heterocycles. The van der Waals surface area contributed by atoms with Crippen molar-refractivity contribution >= 4 is 11.8 Å². The zero-order valence-electron chi connectivity index (χ0n) is 12.8. The van der Waals surface area contributed by atoms with Crippen LogP contribution in [0.25, 0.3) is 0 Å². The van der Waals surface area contributed by atoms with Crippen LogP contribution in [0.3, 0.4) is 0 Å². The van der Waals surface area contributed by atoms with Crippen molar-refractivity contribution in [2.24, 2.45) is 0 Å². The molecule has 0 fully saturated rings. The molecule has 1 unspecified atom stereocenters. The Morgan fingerprint density at radius 2 is 2.19 bits per heavy atom. The topological polar surface area (TPSA) is 29.9 Å². The van der Waals surface area contributed by atoms with E-state index >= 15 is 0 Å². The standard InChI is InChI=1S/C17H23N3S/c1-13-10-14(2)20(19-13)9-5-8-18-11-15-12-21-17-7-4-3-6-16(15)17/h3-4,6-7,10,15,18H,5,8-9,11-12H2,1-2H3. The molecule has 3 nitrogen and oxygen atoms in total. The summed E-state index contributed by atoms with van der Waals surface area (Å²) in [5, 5.41) is 8.11. The summed E-state index contributed by atoms with van der Waals surface area (Å²) in [6.07, 6.45) is 1.13. The van der Waals surface area contributed by atoms with E-state index in [-0.39, 0.29) is 0 Å². The second-order valence-electron chi connectivity index (χ2n) is 5.75. The average molecular weight is 301 g/mol. The van der Waals surface area contributed by atoms with Crippen molar-refractivity contribution in [1.29, 1.82) is 0 Å². The van der Waals surface area contributed by atoms with E-state index in [0.29, 0.717) is 5.92 Å². The minimum absolute atomic E-state index is 0.667. The van der Waals surface area contributed by atoms with Gasteiger partial charge in [-0.2, -0.15) is 5.10 Å². The number of hydrogen-bond acceptors (Lipinski definition) is 3. The number of nitrogens with zero attached hydrogens (tertiary/aromatic N) is 2. The Balaban J connectivity index is 1.40. The zero-order chi connectivity index (χ0) is 14.7. The lowest BCUT2D eigenvalue weighted by Crippen LogP contribution is -2.23. The van der Waals surface area contributed by atoms with Crippen LogP contribution in [-0.4, -0.2) is 28.6 Å². The van der Waals surface area contributed by atoms with Gasteiger partial charge in [0.05, 0.1) is 5.69 Å². The van der Waals surface area contributed by atoms with Gasteiger partial charge in [0.1, 0.15) is 0 Å². The first-order chi connectivity index (χ1) is 10.2. The zero-order valence-corrected chi connectivity index (χ0v) is 13.6. The molecule has 0 radical (unpaired) electrons. The fraction of sp³-hybridized carbons (Fsp3) is 0.471. The number of nitrogens with one attached hydrogen (secondary N) is 1. The number of aryl methyl sites for hydroxylation is 3. The highest BCUT2D eigenvalue weighted by molar-refractivity contribution is 7.99. The second-order valence-corrected chi connectivity index (χ2v) is 6.82. The fourth-order valence-electron chi connectivity index (χ4n) is 2.93. The molecule has 0 saturated carbocycles. The number of benzene rings is 1. The number of aromatic nitrogens is 2. The van der Waals surface area contributed by atoms with Gasteiger partial charge >= 0.3 is 0 Å². The first-order valence-corrected chi connectivity index (χ1v) is 8.66. The molecular weight excluding hydrogens is 278 g/mol. The second kappa shape index (κ2) is 6.67. The van der Waals surface area contributed by atoms with Gasteiger partial charge < -0.3 is 5.32 Å². The van der Waals surface area contributed by atoms with Gasteiger partial charge in [0.15, 0.2) is 0 Å². The number of rotatable bonds is 6. The van der Waals surface area contributed by atoms with Crippen LogP contribution >= 0.6 is 11.8 Å². The largest absolute Gasteiger partial charge is 0.316 e. The lowest BCUT2D eigenvalue weighted by molar-refractivity contribution is 0.522. The van der Waals surface area contributed by atoms with Gasteiger partial charge in [-0.1, -0.05) is 18.2 Å². The van der Waals surface area contributed by atoms with Crippen molar-refractivity contribution in [3.05, 3.63) is 47.3 Å². The molecule has 4 heteroatoms. The molecule has 1 atom stereocenters. The minimum atomic E-state index is 0.667. The van der Waals surface area contributed by atoms with Crippen molar-refractivity contribution in [1.82, 2.24) is 15.1 Å². The average Bonchev–Trinajstić information content (AvgIpc) is 3.02. The van der Waals surface area contributed by atoms with Crippen LogP contribution in [0.15, 0.2) is 35.2 Å². The summed E-state index contributed by atoms with van der Waals surface area (Å²) in [6, 6.07) is 10.9. The molecule has 0 aliphatic carbocycles. The number of hydrogen-bond donors (Lipinski definition) is 1. The normalized spacial score (nSPS) is 17.1. The summed E-state index contributed by atoms with van der Waals surface area (Å²) < 4.78 is 2.11. The third-order valence-electron chi connectivity index (χ3n) is 4.02. The summed E-state index contributed by atoms with van der Waals surface area (Å²) in [7, 11) is 0. The summed E-state index contributed by atoms with van der Waals surface area (Å²) in [4.78, 5) is 1.46. The van der Waals surface area contributed by atoms with E-state index in [1.54, 1.807) is 0 Å². The van der Waals surface area contributed by atoms with Gasteiger partial charge in [0.25, 0.3) is 0 Å². The Kier molecular flexibility index (Phi) is 4.66. The van der Waals surface area contributed by atoms with Crippen LogP contribution < -0.4 is 5.32 Å². The monoisotopic (exact) mass is 301 g/mol. The highest BCUT2D eigenvalue weighted by Crippen LogP contribution is 2.38. The maximum atomic E-state index is 4.50. The van der Waals surface area contributed by atoms with Crippen molar-refractivity contribution in [3.8, 4) is 0 Å². The Labute approximate surface area is 131 Å². The van der Waals surface area contributed by atoms with Crippen molar-refractivity contribution in [2.75, 3.05) is 18.8 Å². The molecule has 1 N–H and O–H groups in total. The lowest BCUT2D eigenvalue weighted by Gasteiger charge is -2.12. The molecule has 0 bridgehead atoms. The van der Waals surface area contributed by atoms with Crippen LogP contribution in [0.2, 0.25) is 0 Å². The van der Waals surface area contributed by atoms with E-state index in [9.17, 15) is 0 Å². The quantitative estimate of drug-likeness (QED) is 0.830. The molecule has 1 aromatic carbocycles. The van der Waals surface area contributed by atoms with Gasteiger partial charge in [-0.25, -0.2) is 0 Å². The molecule has 112 valence electrons. The summed E-state index contributed by atoms with van der Waals surface area (Å²) in [5.41, 5.74) is 3.89. The van der Waals surface area contributed by atoms with Crippen LogP contribution in [0, 0.1) is 13.8 Å². The summed E-state index contributed by atoms with van der Waals surface area (Å²) >= 11 is 1.99. The van der Waals surface area contributed by atoms with Crippen molar-refractivity contribution in [2.45, 2.75) is 37.6 Å². The molecule has 3 rings (SSSR count). The van der Waals surface area contributed by atoms with E-state index < -0.39 is 0 Å². The molecule has 1 aliphatic rings. The van der Waals surface area contributed by atoms with Gasteiger partial charge in [-0.05, 0) is 44.5 Å². The van der Waals surface area contributed by atoms with Crippen LogP contribution in [0.5, 0.6) is 0 Å². The third-order valence-corrected chi connectivity index (χ3v) is 5.27. The number of fused-ring (bicyclic) bond motifs is 1. The van der Waals surface area contributed by atoms with Crippen LogP contribution in [0.1, 0.15) is 29.3 Å². The predicted molar refractivity (Wildman–Crippen MR) is 89.1 cm³/mol. The highest BCUT2D eigenvalue weighted by atomic mass is 32.2. The fourth-order valence-corrected chi connectivity index (χ4v) is 4.18. The molecule has 0 amide bonds. The Morgan fingerprint density at radius 1 is 1.33 bits per heavy atom. The minimum Gasteiger partial charge on any atom is -0.316 e. The van der Waals surface area contributed by atoms with Crippen LogP contribution in [-0.2, 0) is 6.54 Å². The molecule has 2 aromatic rings. The highest BCUT2D eigenvalue weighted by Gasteiger charge is 2.21. The Morgan fingerprint density at radius 3 is 3.00 bits per heavy atom. The van der Waals surface area contributed by atoms with E-state index in [4.69, 9.17) is 0 Å². The SMILES string of the molecule is Cc1cc(C)n(CCCNCC2CSc3ccccc32)n1. The Hall–Kier alpha value is -1.26. The van der Waals surface area contributed by atoms with E-state index in [0.717, 1.165) is 31.7 Å². The first kappa shape index (κ1) is 14.7. The van der Waals surface area contributed by atoms with Crippen LogP contribution in [0.4, 0.5) is 0 Å². The maximum absolute atomic E-state index is 4.50.